The average molecular weight is 301 g/mol. The minimum absolute atomic E-state index is 0.0911. The number of aliphatic hydroxyl groups is 1. The zero-order chi connectivity index (χ0) is 12.6. The van der Waals surface area contributed by atoms with E-state index in [0.717, 1.165) is 6.07 Å². The van der Waals surface area contributed by atoms with E-state index >= 15 is 0 Å². The Hall–Kier alpha value is -1.37. The number of hydrogen-bond acceptors (Lipinski definition) is 3. The Morgan fingerprint density at radius 1 is 1.41 bits per heavy atom. The average Bonchev–Trinajstić information content (AvgIpc) is 2.24. The molecule has 0 aromatic heterocycles. The number of aromatic hydroxyl groups is 1. The summed E-state index contributed by atoms with van der Waals surface area (Å²) in [4.78, 5) is 0. The molecule has 0 saturated carbocycles. The Bertz CT molecular complexity index is 528. The summed E-state index contributed by atoms with van der Waals surface area (Å²) < 4.78 is 13.3. The van der Waals surface area contributed by atoms with Crippen molar-refractivity contribution in [2.24, 2.45) is 0 Å². The number of quaternary nitrogens is 1. The number of rotatable bonds is 1. The van der Waals surface area contributed by atoms with Gasteiger partial charge in [-0.1, -0.05) is 0 Å². The van der Waals surface area contributed by atoms with Gasteiger partial charge in [0.25, 0.3) is 0 Å². The predicted octanol–water partition coefficient (Wildman–Crippen LogP) is 1.28. The Morgan fingerprint density at radius 2 is 2.12 bits per heavy atom. The van der Waals surface area contributed by atoms with Crippen molar-refractivity contribution in [3.63, 3.8) is 0 Å². The maximum absolute atomic E-state index is 13.1. The van der Waals surface area contributed by atoms with Crippen LogP contribution in [0.4, 0.5) is 4.39 Å². The molecule has 0 aliphatic carbocycles. The second kappa shape index (κ2) is 4.48. The molecule has 0 bridgehead atoms. The predicted molar refractivity (Wildman–Crippen MR) is 62.3 cm³/mol. The molecule has 1 unspecified atom stereocenters. The quantitative estimate of drug-likeness (QED) is 0.684. The molecule has 1 aliphatic heterocycles. The fraction of sp³-hybridized carbons (Fsp3) is 0.0909. The van der Waals surface area contributed by atoms with Gasteiger partial charge in [0.15, 0.2) is 5.76 Å². The second-order valence-electron chi connectivity index (χ2n) is 3.50. The lowest BCUT2D eigenvalue weighted by Crippen LogP contribution is -3.03. The maximum Gasteiger partial charge on any atom is 0.239 e. The molecule has 0 spiro atoms. The van der Waals surface area contributed by atoms with Gasteiger partial charge < -0.3 is 20.5 Å². The first kappa shape index (κ1) is 12.1. The lowest BCUT2D eigenvalue weighted by atomic mass is 10.0. The number of nitrogens with one attached hydrogen (secondary N) is 1. The molecule has 1 heterocycles. The van der Waals surface area contributed by atoms with Crippen LogP contribution >= 0.6 is 15.9 Å². The molecule has 0 saturated heterocycles. The Labute approximate surface area is 105 Å². The van der Waals surface area contributed by atoms with Crippen LogP contribution in [0.15, 0.2) is 28.4 Å². The SMILES string of the molecule is [O-][NH+]1[C]=C(O)C(c2cc(Br)c(F)cc2O)=CC1. The van der Waals surface area contributed by atoms with E-state index in [1.165, 1.54) is 12.1 Å². The van der Waals surface area contributed by atoms with Crippen molar-refractivity contribution in [2.75, 3.05) is 6.54 Å². The molecule has 3 N–H and O–H groups in total. The molecular weight excluding hydrogens is 293 g/mol. The van der Waals surface area contributed by atoms with Crippen LogP contribution in [0, 0.1) is 17.2 Å². The topological polar surface area (TPSA) is 68.0 Å². The minimum Gasteiger partial charge on any atom is -0.628 e. The van der Waals surface area contributed by atoms with E-state index in [0.29, 0.717) is 0 Å². The van der Waals surface area contributed by atoms with Gasteiger partial charge in [-0.3, -0.25) is 0 Å². The number of hydrogen-bond donors (Lipinski definition) is 3. The van der Waals surface area contributed by atoms with Crippen molar-refractivity contribution >= 4 is 21.5 Å². The van der Waals surface area contributed by atoms with Crippen LogP contribution in [0.2, 0.25) is 0 Å². The van der Waals surface area contributed by atoms with Gasteiger partial charge in [0.2, 0.25) is 6.20 Å². The molecule has 4 nitrogen and oxygen atoms in total. The van der Waals surface area contributed by atoms with E-state index in [9.17, 15) is 19.8 Å². The molecule has 1 aromatic rings. The van der Waals surface area contributed by atoms with Crippen LogP contribution in [-0.4, -0.2) is 16.8 Å². The van der Waals surface area contributed by atoms with Crippen LogP contribution in [0.5, 0.6) is 5.75 Å². The second-order valence-corrected chi connectivity index (χ2v) is 4.36. The van der Waals surface area contributed by atoms with Crippen molar-refractivity contribution < 1.29 is 19.7 Å². The molecule has 1 aliphatic rings. The molecular formula is C11H8BrFNO3. The number of benzene rings is 1. The van der Waals surface area contributed by atoms with Gasteiger partial charge in [-0.15, -0.1) is 0 Å². The normalized spacial score (nSPS) is 19.8. The Kier molecular flexibility index (Phi) is 3.19. The van der Waals surface area contributed by atoms with E-state index in [2.05, 4.69) is 22.1 Å². The molecule has 6 heteroatoms. The van der Waals surface area contributed by atoms with E-state index in [-0.39, 0.29) is 38.7 Å². The molecule has 17 heavy (non-hydrogen) atoms. The standard InChI is InChI=1S/C11H8BrFNO3/c12-8-3-7(10(15)4-9(8)13)6-1-2-14(17)5-11(6)16/h1,3-4,14-16H,2H2. The van der Waals surface area contributed by atoms with Gasteiger partial charge in [0.1, 0.15) is 18.1 Å². The summed E-state index contributed by atoms with van der Waals surface area (Å²) >= 11 is 2.99. The summed E-state index contributed by atoms with van der Waals surface area (Å²) in [5, 5.41) is 29.8. The number of halogens is 2. The van der Waals surface area contributed by atoms with Gasteiger partial charge in [-0.2, -0.15) is 0 Å². The first-order chi connectivity index (χ1) is 7.99. The third-order valence-electron chi connectivity index (χ3n) is 2.33. The van der Waals surface area contributed by atoms with Crippen LogP contribution < -0.4 is 5.06 Å². The van der Waals surface area contributed by atoms with Gasteiger partial charge >= 0.3 is 0 Å². The van der Waals surface area contributed by atoms with E-state index in [1.807, 2.05) is 0 Å². The highest BCUT2D eigenvalue weighted by molar-refractivity contribution is 9.10. The zero-order valence-corrected chi connectivity index (χ0v) is 10.1. The van der Waals surface area contributed by atoms with Gasteiger partial charge in [0, 0.05) is 17.2 Å². The van der Waals surface area contributed by atoms with Crippen molar-refractivity contribution in [3.8, 4) is 5.75 Å². The van der Waals surface area contributed by atoms with Crippen molar-refractivity contribution in [1.29, 1.82) is 0 Å². The number of allylic oxidation sites excluding steroid dienone is 1. The fourth-order valence-electron chi connectivity index (χ4n) is 1.53. The largest absolute Gasteiger partial charge is 0.628 e. The van der Waals surface area contributed by atoms with Gasteiger partial charge in [-0.05, 0) is 28.1 Å². The highest BCUT2D eigenvalue weighted by Crippen LogP contribution is 2.33. The monoisotopic (exact) mass is 300 g/mol. The minimum atomic E-state index is -0.605. The first-order valence-corrected chi connectivity index (χ1v) is 5.53. The Morgan fingerprint density at radius 3 is 2.76 bits per heavy atom. The highest BCUT2D eigenvalue weighted by atomic mass is 79.9. The lowest BCUT2D eigenvalue weighted by Gasteiger charge is -2.20. The van der Waals surface area contributed by atoms with Crippen molar-refractivity contribution in [2.45, 2.75) is 0 Å². The smallest absolute Gasteiger partial charge is 0.239 e. The number of phenolic OH excluding ortho intramolecular Hbond substituents is 1. The molecule has 1 radical (unpaired) electrons. The van der Waals surface area contributed by atoms with Crippen LogP contribution in [0.1, 0.15) is 5.56 Å². The summed E-state index contributed by atoms with van der Waals surface area (Å²) in [5.74, 6) is -1.26. The van der Waals surface area contributed by atoms with E-state index in [4.69, 9.17) is 0 Å². The number of aliphatic hydroxyl groups excluding tert-OH is 1. The zero-order valence-electron chi connectivity index (χ0n) is 8.50. The molecule has 1 atom stereocenters. The Balaban J connectivity index is 2.49. The van der Waals surface area contributed by atoms with Crippen LogP contribution in [0.25, 0.3) is 5.57 Å². The lowest BCUT2D eigenvalue weighted by molar-refractivity contribution is -0.799. The molecule has 1 aromatic carbocycles. The number of phenols is 1. The third-order valence-corrected chi connectivity index (χ3v) is 2.94. The summed E-state index contributed by atoms with van der Waals surface area (Å²) in [6.07, 6.45) is 3.70. The summed E-state index contributed by atoms with van der Waals surface area (Å²) in [5.41, 5.74) is 0.513. The van der Waals surface area contributed by atoms with E-state index < -0.39 is 5.82 Å². The summed E-state index contributed by atoms with van der Waals surface area (Å²) in [7, 11) is 0. The number of hydroxylamine groups is 2. The van der Waals surface area contributed by atoms with Gasteiger partial charge in [-0.25, -0.2) is 4.39 Å². The van der Waals surface area contributed by atoms with Crippen molar-refractivity contribution in [1.82, 2.24) is 0 Å². The van der Waals surface area contributed by atoms with E-state index in [1.54, 1.807) is 0 Å². The first-order valence-electron chi connectivity index (χ1n) is 4.73. The van der Waals surface area contributed by atoms with Crippen molar-refractivity contribution in [3.05, 3.63) is 51.2 Å². The fourth-order valence-corrected chi connectivity index (χ4v) is 1.87. The summed E-state index contributed by atoms with van der Waals surface area (Å²) in [6, 6.07) is 2.27. The molecule has 0 fully saturated rings. The third kappa shape index (κ3) is 2.33. The molecule has 89 valence electrons. The molecule has 2 rings (SSSR count). The molecule has 0 amide bonds. The highest BCUT2D eigenvalue weighted by Gasteiger charge is 2.19. The van der Waals surface area contributed by atoms with Crippen LogP contribution in [-0.2, 0) is 0 Å². The maximum atomic E-state index is 13.1. The van der Waals surface area contributed by atoms with Gasteiger partial charge in [0.05, 0.1) is 4.47 Å². The summed E-state index contributed by atoms with van der Waals surface area (Å²) in [6.45, 7) is 0.0911. The van der Waals surface area contributed by atoms with Crippen LogP contribution in [0.3, 0.4) is 0 Å².